The zero-order valence-corrected chi connectivity index (χ0v) is 26.1. The van der Waals surface area contributed by atoms with Crippen molar-refractivity contribution in [3.8, 4) is 17.0 Å². The molecule has 1 aromatic carbocycles. The van der Waals surface area contributed by atoms with Gasteiger partial charge in [0.2, 0.25) is 0 Å². The van der Waals surface area contributed by atoms with Crippen LogP contribution in [0.2, 0.25) is 0 Å². The first-order valence-electron chi connectivity index (χ1n) is 14.0. The summed E-state index contributed by atoms with van der Waals surface area (Å²) >= 11 is 3.72. The first kappa shape index (κ1) is 28.9. The van der Waals surface area contributed by atoms with Crippen LogP contribution in [0.5, 0.6) is 5.75 Å². The number of aromatic nitrogens is 2. The van der Waals surface area contributed by atoms with E-state index in [1.165, 1.54) is 12.5 Å². The second-order valence-corrected chi connectivity index (χ2v) is 12.8. The minimum atomic E-state index is -0.302. The zero-order valence-electron chi connectivity index (χ0n) is 24.5. The molecule has 4 heterocycles. The van der Waals surface area contributed by atoms with Gasteiger partial charge in [-0.1, -0.05) is 29.8 Å². The lowest BCUT2D eigenvalue weighted by Gasteiger charge is -2.38. The molecule has 0 unspecified atom stereocenters. The van der Waals surface area contributed by atoms with Gasteiger partial charge in [0.1, 0.15) is 12.4 Å². The third kappa shape index (κ3) is 5.60. The topological polar surface area (TPSA) is 75.1 Å². The van der Waals surface area contributed by atoms with Crippen molar-refractivity contribution in [3.05, 3.63) is 40.1 Å². The van der Waals surface area contributed by atoms with Crippen molar-refractivity contribution in [2.24, 2.45) is 5.41 Å². The van der Waals surface area contributed by atoms with Gasteiger partial charge >= 0.3 is 5.97 Å². The average molecular weight is 615 g/mol. The fraction of sp³-hybridized carbons (Fsp3) is 0.548. The monoisotopic (exact) mass is 613 g/mol. The fourth-order valence-electron chi connectivity index (χ4n) is 5.89. The number of halogens is 1. The van der Waals surface area contributed by atoms with Gasteiger partial charge in [-0.25, -0.2) is 0 Å². The van der Waals surface area contributed by atoms with Crippen molar-refractivity contribution in [2.75, 3.05) is 38.4 Å². The molecular formula is C31H40BrN3O5. The highest BCUT2D eigenvalue weighted by molar-refractivity contribution is 9.10. The lowest BCUT2D eigenvalue weighted by Crippen LogP contribution is -2.47. The van der Waals surface area contributed by atoms with Crippen LogP contribution in [-0.2, 0) is 32.0 Å². The molecule has 0 bridgehead atoms. The molecule has 0 spiro atoms. The number of morpholine rings is 1. The predicted molar refractivity (Wildman–Crippen MR) is 160 cm³/mol. The van der Waals surface area contributed by atoms with Gasteiger partial charge in [-0.15, -0.1) is 0 Å². The van der Waals surface area contributed by atoms with Gasteiger partial charge in [0.05, 0.1) is 60.8 Å². The minimum absolute atomic E-state index is 0.143. The summed E-state index contributed by atoms with van der Waals surface area (Å²) in [6.07, 6.45) is 2.61. The Labute approximate surface area is 245 Å². The fourth-order valence-corrected chi connectivity index (χ4v) is 6.33. The molecule has 1 saturated heterocycles. The van der Waals surface area contributed by atoms with E-state index in [-0.39, 0.29) is 29.6 Å². The number of anilines is 1. The number of methoxy groups -OCH3 is 1. The minimum Gasteiger partial charge on any atom is -0.489 e. The number of esters is 1. The van der Waals surface area contributed by atoms with E-state index >= 15 is 0 Å². The van der Waals surface area contributed by atoms with Crippen LogP contribution in [0.1, 0.15) is 58.9 Å². The van der Waals surface area contributed by atoms with Crippen molar-refractivity contribution in [2.45, 2.75) is 72.8 Å². The van der Waals surface area contributed by atoms with Crippen LogP contribution in [0, 0.1) is 5.41 Å². The number of rotatable bonds is 8. The molecule has 0 saturated carbocycles. The van der Waals surface area contributed by atoms with E-state index in [1.807, 2.05) is 19.2 Å². The van der Waals surface area contributed by atoms with Crippen LogP contribution in [-0.4, -0.2) is 61.1 Å². The molecule has 3 atom stereocenters. The Morgan fingerprint density at radius 1 is 1.27 bits per heavy atom. The summed E-state index contributed by atoms with van der Waals surface area (Å²) in [5.41, 5.74) is 6.10. The summed E-state index contributed by atoms with van der Waals surface area (Å²) in [5, 5.41) is 1.13. The molecule has 0 radical (unpaired) electrons. The van der Waals surface area contributed by atoms with E-state index in [1.54, 1.807) is 7.11 Å². The SMILES string of the molecule is CO[C@@H](C)c1ncc(N2C[C@H](C)OC[C@H]2C)cc1-c1c(CC(C)(C)COC(C)=O)c2cc(Br)cc3c2n1CCO3. The molecule has 2 aromatic heterocycles. The van der Waals surface area contributed by atoms with Crippen LogP contribution >= 0.6 is 15.9 Å². The summed E-state index contributed by atoms with van der Waals surface area (Å²) in [5.74, 6) is 0.594. The largest absolute Gasteiger partial charge is 0.489 e. The maximum Gasteiger partial charge on any atom is 0.302 e. The lowest BCUT2D eigenvalue weighted by molar-refractivity contribution is -0.143. The summed E-state index contributed by atoms with van der Waals surface area (Å²) < 4.78 is 26.8. The van der Waals surface area contributed by atoms with Crippen LogP contribution < -0.4 is 9.64 Å². The molecular weight excluding hydrogens is 574 g/mol. The molecule has 2 aliphatic heterocycles. The smallest absolute Gasteiger partial charge is 0.302 e. The number of carbonyl (C=O) groups is 1. The third-order valence-corrected chi connectivity index (χ3v) is 8.38. The Balaban J connectivity index is 1.76. The number of hydrogen-bond acceptors (Lipinski definition) is 7. The predicted octanol–water partition coefficient (Wildman–Crippen LogP) is 6.31. The zero-order chi connectivity index (χ0) is 28.8. The number of benzene rings is 1. The average Bonchev–Trinajstić information content (AvgIpc) is 3.21. The number of nitrogens with zero attached hydrogens (tertiary/aromatic N) is 3. The van der Waals surface area contributed by atoms with E-state index in [4.69, 9.17) is 23.9 Å². The summed E-state index contributed by atoms with van der Waals surface area (Å²) in [6, 6.07) is 6.73. The van der Waals surface area contributed by atoms with Gasteiger partial charge in [0.15, 0.2) is 0 Å². The van der Waals surface area contributed by atoms with Crippen LogP contribution in [0.25, 0.3) is 22.2 Å². The molecule has 0 N–H and O–H groups in total. The van der Waals surface area contributed by atoms with Crippen molar-refractivity contribution >= 4 is 38.5 Å². The van der Waals surface area contributed by atoms with Gasteiger partial charge in [0, 0.05) is 47.5 Å². The van der Waals surface area contributed by atoms with E-state index in [0.29, 0.717) is 26.2 Å². The Hall–Kier alpha value is -2.62. The summed E-state index contributed by atoms with van der Waals surface area (Å²) in [7, 11) is 1.72. The molecule has 9 heteroatoms. The molecule has 216 valence electrons. The van der Waals surface area contributed by atoms with Gasteiger partial charge < -0.3 is 28.4 Å². The number of carbonyl (C=O) groups excluding carboxylic acids is 1. The van der Waals surface area contributed by atoms with Gasteiger partial charge in [0.25, 0.3) is 0 Å². The van der Waals surface area contributed by atoms with E-state index in [9.17, 15) is 4.79 Å². The number of hydrogen-bond donors (Lipinski definition) is 0. The van der Waals surface area contributed by atoms with Gasteiger partial charge in [-0.05, 0) is 51.0 Å². The van der Waals surface area contributed by atoms with Crippen molar-refractivity contribution in [1.29, 1.82) is 0 Å². The normalized spacial score (nSPS) is 19.9. The van der Waals surface area contributed by atoms with Crippen LogP contribution in [0.4, 0.5) is 5.69 Å². The second-order valence-electron chi connectivity index (χ2n) is 11.9. The maximum atomic E-state index is 11.7. The molecule has 5 rings (SSSR count). The highest BCUT2D eigenvalue weighted by Gasteiger charge is 2.32. The van der Waals surface area contributed by atoms with E-state index in [0.717, 1.165) is 56.9 Å². The highest BCUT2D eigenvalue weighted by Crippen LogP contribution is 2.46. The molecule has 40 heavy (non-hydrogen) atoms. The molecule has 1 fully saturated rings. The summed E-state index contributed by atoms with van der Waals surface area (Å²) in [4.78, 5) is 19.1. The van der Waals surface area contributed by atoms with Crippen molar-refractivity contribution < 1.29 is 23.7 Å². The molecule has 3 aromatic rings. The Morgan fingerprint density at radius 2 is 2.05 bits per heavy atom. The van der Waals surface area contributed by atoms with Crippen LogP contribution in [0.15, 0.2) is 28.9 Å². The Bertz CT molecular complexity index is 1420. The van der Waals surface area contributed by atoms with Gasteiger partial charge in [-0.3, -0.25) is 9.78 Å². The molecule has 8 nitrogen and oxygen atoms in total. The molecule has 2 aliphatic rings. The standard InChI is InChI=1S/C31H40BrN3O5/c1-18-16-39-19(2)15-35(18)23-12-25(28(33-14-23)20(3)37-7)29-26(13-31(5,6)17-40-21(4)36)24-10-22(32)11-27-30(24)34(29)8-9-38-27/h10-12,14,18-20H,8-9,13,15-17H2,1-7H3/t18-,19+,20+/m1/s1. The second kappa shape index (κ2) is 11.3. The van der Waals surface area contributed by atoms with Crippen molar-refractivity contribution in [3.63, 3.8) is 0 Å². The summed E-state index contributed by atoms with van der Waals surface area (Å²) in [6.45, 7) is 15.2. The number of pyridine rings is 1. The highest BCUT2D eigenvalue weighted by atomic mass is 79.9. The Morgan fingerprint density at radius 3 is 2.77 bits per heavy atom. The van der Waals surface area contributed by atoms with Crippen molar-refractivity contribution in [1.82, 2.24) is 9.55 Å². The maximum absolute atomic E-state index is 11.7. The van der Waals surface area contributed by atoms with Crippen LogP contribution in [0.3, 0.4) is 0 Å². The van der Waals surface area contributed by atoms with E-state index in [2.05, 4.69) is 65.2 Å². The number of ether oxygens (including phenoxy) is 4. The first-order valence-corrected chi connectivity index (χ1v) is 14.8. The Kier molecular flexibility index (Phi) is 8.19. The lowest BCUT2D eigenvalue weighted by atomic mass is 9.84. The van der Waals surface area contributed by atoms with E-state index < -0.39 is 0 Å². The third-order valence-electron chi connectivity index (χ3n) is 7.92. The molecule has 0 aliphatic carbocycles. The van der Waals surface area contributed by atoms with Gasteiger partial charge in [-0.2, -0.15) is 0 Å². The molecule has 0 amide bonds. The quantitative estimate of drug-likeness (QED) is 0.275. The first-order chi connectivity index (χ1) is 19.0.